The van der Waals surface area contributed by atoms with Gasteiger partial charge in [-0.2, -0.15) is 5.10 Å². The predicted octanol–water partition coefficient (Wildman–Crippen LogP) is 2.42. The van der Waals surface area contributed by atoms with E-state index in [0.717, 1.165) is 31.7 Å². The summed E-state index contributed by atoms with van der Waals surface area (Å²) in [5.41, 5.74) is 8.34. The van der Waals surface area contributed by atoms with Crippen molar-refractivity contribution in [1.82, 2.24) is 20.0 Å². The van der Waals surface area contributed by atoms with E-state index < -0.39 is 0 Å². The minimum Gasteiger partial charge on any atom is -0.370 e. The number of hydrogen-bond donors (Lipinski definition) is 2. The number of aromatic nitrogens is 2. The molecule has 3 rings (SSSR count). The van der Waals surface area contributed by atoms with Gasteiger partial charge in [0.1, 0.15) is 0 Å². The Kier molecular flexibility index (Phi) is 8.37. The average molecular weight is 468 g/mol. The van der Waals surface area contributed by atoms with Gasteiger partial charge < -0.3 is 11.1 Å². The van der Waals surface area contributed by atoms with Crippen LogP contribution < -0.4 is 11.1 Å². The SMILES string of the molecule is CCN1CCCC1CN=C(N)NCCc1ccc(-n2cccn2)cc1.I. The normalized spacial score (nSPS) is 17.9. The number of likely N-dealkylation sites (N-methyl/N-ethyl adjacent to an activating group) is 1. The molecule has 1 fully saturated rings. The molecule has 1 saturated heterocycles. The van der Waals surface area contributed by atoms with E-state index in [1.165, 1.54) is 24.9 Å². The summed E-state index contributed by atoms with van der Waals surface area (Å²) in [4.78, 5) is 7.00. The van der Waals surface area contributed by atoms with Gasteiger partial charge in [-0.05, 0) is 56.1 Å². The number of hydrogen-bond acceptors (Lipinski definition) is 3. The molecule has 2 heterocycles. The molecule has 142 valence electrons. The van der Waals surface area contributed by atoms with Crippen molar-refractivity contribution in [2.45, 2.75) is 32.2 Å². The molecule has 2 aromatic rings. The maximum absolute atomic E-state index is 6.00. The quantitative estimate of drug-likeness (QED) is 0.372. The third kappa shape index (κ3) is 5.70. The van der Waals surface area contributed by atoms with E-state index in [1.54, 1.807) is 6.20 Å². The summed E-state index contributed by atoms with van der Waals surface area (Å²) < 4.78 is 1.86. The van der Waals surface area contributed by atoms with Gasteiger partial charge in [-0.3, -0.25) is 9.89 Å². The van der Waals surface area contributed by atoms with Gasteiger partial charge in [-0.25, -0.2) is 4.68 Å². The molecule has 1 aromatic heterocycles. The molecule has 26 heavy (non-hydrogen) atoms. The highest BCUT2D eigenvalue weighted by Crippen LogP contribution is 2.16. The predicted molar refractivity (Wildman–Crippen MR) is 117 cm³/mol. The lowest BCUT2D eigenvalue weighted by Crippen LogP contribution is -2.36. The Balaban J connectivity index is 0.00000243. The van der Waals surface area contributed by atoms with Crippen molar-refractivity contribution in [3.8, 4) is 5.69 Å². The monoisotopic (exact) mass is 468 g/mol. The van der Waals surface area contributed by atoms with E-state index in [2.05, 4.69) is 51.5 Å². The summed E-state index contributed by atoms with van der Waals surface area (Å²) in [5.74, 6) is 0.552. The Morgan fingerprint density at radius 3 is 2.85 bits per heavy atom. The third-order valence-corrected chi connectivity index (χ3v) is 4.80. The summed E-state index contributed by atoms with van der Waals surface area (Å²) in [7, 11) is 0. The van der Waals surface area contributed by atoms with E-state index in [4.69, 9.17) is 5.73 Å². The van der Waals surface area contributed by atoms with Gasteiger partial charge in [0.25, 0.3) is 0 Å². The van der Waals surface area contributed by atoms with Crippen LogP contribution in [0.25, 0.3) is 5.69 Å². The molecule has 0 bridgehead atoms. The van der Waals surface area contributed by atoms with Crippen LogP contribution in [-0.2, 0) is 6.42 Å². The molecule has 0 spiro atoms. The first-order valence-corrected chi connectivity index (χ1v) is 9.13. The van der Waals surface area contributed by atoms with Crippen molar-refractivity contribution in [1.29, 1.82) is 0 Å². The van der Waals surface area contributed by atoms with Gasteiger partial charge in [0, 0.05) is 25.0 Å². The maximum atomic E-state index is 6.00. The van der Waals surface area contributed by atoms with Crippen LogP contribution in [0.15, 0.2) is 47.7 Å². The second kappa shape index (κ2) is 10.5. The molecule has 7 heteroatoms. The molecule has 0 saturated carbocycles. The minimum absolute atomic E-state index is 0. The van der Waals surface area contributed by atoms with E-state index in [-0.39, 0.29) is 24.0 Å². The molecule has 0 radical (unpaired) electrons. The molecule has 0 aliphatic carbocycles. The number of nitrogens with one attached hydrogen (secondary N) is 1. The molecular weight excluding hydrogens is 439 g/mol. The fourth-order valence-corrected chi connectivity index (χ4v) is 3.35. The number of benzene rings is 1. The number of nitrogens with zero attached hydrogens (tertiary/aromatic N) is 4. The number of nitrogens with two attached hydrogens (primary N) is 1. The number of guanidine groups is 1. The van der Waals surface area contributed by atoms with Crippen molar-refractivity contribution in [2.75, 3.05) is 26.2 Å². The van der Waals surface area contributed by atoms with Gasteiger partial charge in [-0.15, -0.1) is 24.0 Å². The molecule has 3 N–H and O–H groups in total. The van der Waals surface area contributed by atoms with Crippen molar-refractivity contribution in [3.05, 3.63) is 48.3 Å². The number of aliphatic imine (C=N–C) groups is 1. The maximum Gasteiger partial charge on any atom is 0.188 e. The Morgan fingerprint density at radius 1 is 1.35 bits per heavy atom. The molecule has 1 unspecified atom stereocenters. The highest BCUT2D eigenvalue weighted by molar-refractivity contribution is 14.0. The first-order valence-electron chi connectivity index (χ1n) is 9.13. The topological polar surface area (TPSA) is 71.5 Å². The lowest BCUT2D eigenvalue weighted by molar-refractivity contribution is 0.273. The zero-order valence-corrected chi connectivity index (χ0v) is 17.7. The van der Waals surface area contributed by atoms with Gasteiger partial charge in [-0.1, -0.05) is 19.1 Å². The lowest BCUT2D eigenvalue weighted by Gasteiger charge is -2.20. The number of rotatable bonds is 7. The number of likely N-dealkylation sites (tertiary alicyclic amines) is 1. The smallest absolute Gasteiger partial charge is 0.188 e. The first-order chi connectivity index (χ1) is 12.3. The Morgan fingerprint density at radius 2 is 2.15 bits per heavy atom. The van der Waals surface area contributed by atoms with E-state index >= 15 is 0 Å². The van der Waals surface area contributed by atoms with Crippen LogP contribution in [0.3, 0.4) is 0 Å². The molecule has 6 nitrogen and oxygen atoms in total. The van der Waals surface area contributed by atoms with Crippen LogP contribution in [0.5, 0.6) is 0 Å². The van der Waals surface area contributed by atoms with Gasteiger partial charge in [0.2, 0.25) is 0 Å². The van der Waals surface area contributed by atoms with Gasteiger partial charge >= 0.3 is 0 Å². The number of halogens is 1. The molecule has 1 aliphatic rings. The van der Waals surface area contributed by atoms with E-state index in [0.29, 0.717) is 12.0 Å². The van der Waals surface area contributed by atoms with E-state index in [9.17, 15) is 0 Å². The summed E-state index contributed by atoms with van der Waals surface area (Å²) >= 11 is 0. The average Bonchev–Trinajstić information content (AvgIpc) is 3.32. The summed E-state index contributed by atoms with van der Waals surface area (Å²) in [6.45, 7) is 6.09. The molecule has 1 aromatic carbocycles. The molecule has 1 atom stereocenters. The van der Waals surface area contributed by atoms with Crippen LogP contribution in [0.4, 0.5) is 0 Å². The van der Waals surface area contributed by atoms with Crippen molar-refractivity contribution in [2.24, 2.45) is 10.7 Å². The summed E-state index contributed by atoms with van der Waals surface area (Å²) in [5, 5.41) is 7.46. The Labute approximate surface area is 172 Å². The Hall–Kier alpha value is -1.61. The fraction of sp³-hybridized carbons (Fsp3) is 0.474. The van der Waals surface area contributed by atoms with Crippen LogP contribution in [0, 0.1) is 0 Å². The van der Waals surface area contributed by atoms with Crippen molar-refractivity contribution >= 4 is 29.9 Å². The van der Waals surface area contributed by atoms with Crippen LogP contribution in [0.2, 0.25) is 0 Å². The second-order valence-electron chi connectivity index (χ2n) is 6.44. The first kappa shape index (κ1) is 20.7. The zero-order valence-electron chi connectivity index (χ0n) is 15.3. The largest absolute Gasteiger partial charge is 0.370 e. The standard InChI is InChI=1S/C19H28N6.HI/c1-2-24-13-3-5-18(24)15-22-19(20)21-12-10-16-6-8-17(9-7-16)25-14-4-11-23-25;/h4,6-9,11,14,18H,2-3,5,10,12-13,15H2,1H3,(H3,20,21,22);1H. The van der Waals surface area contributed by atoms with Crippen LogP contribution in [0.1, 0.15) is 25.3 Å². The van der Waals surface area contributed by atoms with Crippen molar-refractivity contribution in [3.63, 3.8) is 0 Å². The molecule has 0 amide bonds. The Bertz CT molecular complexity index is 668. The zero-order chi connectivity index (χ0) is 17.5. The second-order valence-corrected chi connectivity index (χ2v) is 6.44. The van der Waals surface area contributed by atoms with Crippen molar-refractivity contribution < 1.29 is 0 Å². The molecular formula is C19H29IN6. The minimum atomic E-state index is 0. The lowest BCUT2D eigenvalue weighted by atomic mass is 10.1. The highest BCUT2D eigenvalue weighted by atomic mass is 127. The van der Waals surface area contributed by atoms with E-state index in [1.807, 2.05) is 16.9 Å². The van der Waals surface area contributed by atoms with Gasteiger partial charge in [0.15, 0.2) is 5.96 Å². The summed E-state index contributed by atoms with van der Waals surface area (Å²) in [6.07, 6.45) is 7.15. The van der Waals surface area contributed by atoms with Gasteiger partial charge in [0.05, 0.1) is 12.2 Å². The molecule has 1 aliphatic heterocycles. The fourth-order valence-electron chi connectivity index (χ4n) is 3.35. The summed E-state index contributed by atoms with van der Waals surface area (Å²) in [6, 6.07) is 10.9. The van der Waals surface area contributed by atoms with Crippen LogP contribution >= 0.6 is 24.0 Å². The highest BCUT2D eigenvalue weighted by Gasteiger charge is 2.22. The third-order valence-electron chi connectivity index (χ3n) is 4.80. The van der Waals surface area contributed by atoms with Crippen LogP contribution in [-0.4, -0.2) is 52.9 Å².